The maximum Gasteiger partial charge on any atom is 0.243 e. The Labute approximate surface area is 143 Å². The highest BCUT2D eigenvalue weighted by atomic mass is 32.2. The van der Waals surface area contributed by atoms with Crippen molar-refractivity contribution in [2.45, 2.75) is 24.7 Å². The van der Waals surface area contributed by atoms with Gasteiger partial charge in [-0.15, -0.1) is 0 Å². The molecule has 1 aliphatic heterocycles. The van der Waals surface area contributed by atoms with E-state index in [1.165, 1.54) is 4.31 Å². The van der Waals surface area contributed by atoms with Crippen molar-refractivity contribution in [2.75, 3.05) is 33.3 Å². The van der Waals surface area contributed by atoms with Gasteiger partial charge in [-0.25, -0.2) is 8.42 Å². The van der Waals surface area contributed by atoms with Crippen molar-refractivity contribution in [2.24, 2.45) is 11.7 Å². The molecule has 1 saturated heterocycles. The quantitative estimate of drug-likeness (QED) is 0.773. The summed E-state index contributed by atoms with van der Waals surface area (Å²) in [5.74, 6) is 0.178. The van der Waals surface area contributed by atoms with Gasteiger partial charge in [-0.2, -0.15) is 4.31 Å². The van der Waals surface area contributed by atoms with Crippen molar-refractivity contribution in [1.29, 1.82) is 0 Å². The standard InChI is InChI=1S/C16H25N3O4S/c1-12-10-14(5-6-15(12)23-2)24(21,22)19-9-3-4-13(11-19)16(20)18-8-7-17/h5-6,10,13H,3-4,7-9,11,17H2,1-2H3,(H,18,20). The zero-order valence-electron chi connectivity index (χ0n) is 14.1. The summed E-state index contributed by atoms with van der Waals surface area (Å²) in [6.45, 7) is 3.19. The Hall–Kier alpha value is -1.64. The van der Waals surface area contributed by atoms with Gasteiger partial charge >= 0.3 is 0 Å². The molecule has 3 N–H and O–H groups in total. The number of hydrogen-bond acceptors (Lipinski definition) is 5. The number of methoxy groups -OCH3 is 1. The van der Waals surface area contributed by atoms with E-state index in [9.17, 15) is 13.2 Å². The van der Waals surface area contributed by atoms with Gasteiger partial charge in [0.25, 0.3) is 0 Å². The van der Waals surface area contributed by atoms with Crippen LogP contribution >= 0.6 is 0 Å². The van der Waals surface area contributed by atoms with Gasteiger partial charge in [-0.1, -0.05) is 0 Å². The van der Waals surface area contributed by atoms with E-state index < -0.39 is 10.0 Å². The molecular formula is C16H25N3O4S. The summed E-state index contributed by atoms with van der Waals surface area (Å²) in [6.07, 6.45) is 1.35. The van der Waals surface area contributed by atoms with Crippen molar-refractivity contribution >= 4 is 15.9 Å². The van der Waals surface area contributed by atoms with Crippen LogP contribution in [-0.2, 0) is 14.8 Å². The number of aryl methyl sites for hydroxylation is 1. The minimum atomic E-state index is -3.62. The predicted octanol–water partition coefficient (Wildman–Crippen LogP) is 0.479. The molecule has 1 atom stereocenters. The Morgan fingerprint density at radius 2 is 2.21 bits per heavy atom. The van der Waals surface area contributed by atoms with E-state index in [1.807, 2.05) is 0 Å². The lowest BCUT2D eigenvalue weighted by atomic mass is 9.99. The molecule has 134 valence electrons. The number of carbonyl (C=O) groups excluding carboxylic acids is 1. The van der Waals surface area contributed by atoms with E-state index in [4.69, 9.17) is 10.5 Å². The largest absolute Gasteiger partial charge is 0.496 e. The topological polar surface area (TPSA) is 102 Å². The third-order valence-electron chi connectivity index (χ3n) is 4.20. The number of nitrogens with one attached hydrogen (secondary N) is 1. The number of carbonyl (C=O) groups is 1. The normalized spacial score (nSPS) is 19.0. The number of rotatable bonds is 6. The average Bonchev–Trinajstić information content (AvgIpc) is 2.59. The van der Waals surface area contributed by atoms with Crippen LogP contribution in [0.15, 0.2) is 23.1 Å². The number of benzene rings is 1. The van der Waals surface area contributed by atoms with Crippen molar-refractivity contribution in [3.63, 3.8) is 0 Å². The molecule has 1 fully saturated rings. The van der Waals surface area contributed by atoms with E-state index in [0.29, 0.717) is 38.2 Å². The first-order valence-electron chi connectivity index (χ1n) is 8.02. The van der Waals surface area contributed by atoms with Crippen LogP contribution in [0.4, 0.5) is 0 Å². The number of sulfonamides is 1. The molecule has 1 unspecified atom stereocenters. The van der Waals surface area contributed by atoms with Gasteiger partial charge in [-0.3, -0.25) is 4.79 Å². The fourth-order valence-corrected chi connectivity index (χ4v) is 4.48. The second-order valence-corrected chi connectivity index (χ2v) is 7.85. The van der Waals surface area contributed by atoms with Crippen LogP contribution in [-0.4, -0.2) is 51.9 Å². The lowest BCUT2D eigenvalue weighted by Crippen LogP contribution is -2.46. The number of amides is 1. The van der Waals surface area contributed by atoms with Gasteiger partial charge in [0.2, 0.25) is 15.9 Å². The van der Waals surface area contributed by atoms with Crippen LogP contribution in [0.5, 0.6) is 5.75 Å². The zero-order chi connectivity index (χ0) is 17.7. The van der Waals surface area contributed by atoms with Gasteiger partial charge in [0.1, 0.15) is 5.75 Å². The molecule has 0 aliphatic carbocycles. The summed E-state index contributed by atoms with van der Waals surface area (Å²) in [6, 6.07) is 4.79. The summed E-state index contributed by atoms with van der Waals surface area (Å²) >= 11 is 0. The molecule has 1 heterocycles. The lowest BCUT2D eigenvalue weighted by molar-refractivity contribution is -0.126. The monoisotopic (exact) mass is 355 g/mol. The molecule has 8 heteroatoms. The molecular weight excluding hydrogens is 330 g/mol. The smallest absolute Gasteiger partial charge is 0.243 e. The minimum absolute atomic E-state index is 0.133. The fourth-order valence-electron chi connectivity index (χ4n) is 2.87. The maximum absolute atomic E-state index is 12.9. The molecule has 0 aromatic heterocycles. The molecule has 1 aromatic rings. The summed E-state index contributed by atoms with van der Waals surface area (Å²) in [7, 11) is -2.08. The van der Waals surface area contributed by atoms with Crippen LogP contribution in [0, 0.1) is 12.8 Å². The average molecular weight is 355 g/mol. The number of nitrogens with two attached hydrogens (primary N) is 1. The Morgan fingerprint density at radius 3 is 2.83 bits per heavy atom. The highest BCUT2D eigenvalue weighted by molar-refractivity contribution is 7.89. The Bertz CT molecular complexity index is 691. The van der Waals surface area contributed by atoms with Crippen LogP contribution < -0.4 is 15.8 Å². The van der Waals surface area contributed by atoms with Crippen molar-refractivity contribution in [3.8, 4) is 5.75 Å². The Morgan fingerprint density at radius 1 is 1.46 bits per heavy atom. The zero-order valence-corrected chi connectivity index (χ0v) is 14.9. The van der Waals surface area contributed by atoms with Gasteiger partial charge < -0.3 is 15.8 Å². The van der Waals surface area contributed by atoms with Crippen molar-refractivity contribution < 1.29 is 17.9 Å². The highest BCUT2D eigenvalue weighted by Gasteiger charge is 2.33. The number of piperidine rings is 1. The van der Waals surface area contributed by atoms with Crippen LogP contribution in [0.25, 0.3) is 0 Å². The molecule has 1 amide bonds. The van der Waals surface area contributed by atoms with E-state index in [0.717, 1.165) is 5.56 Å². The third kappa shape index (κ3) is 4.06. The highest BCUT2D eigenvalue weighted by Crippen LogP contribution is 2.27. The first-order valence-corrected chi connectivity index (χ1v) is 9.46. The second kappa shape index (κ2) is 7.96. The van der Waals surface area contributed by atoms with E-state index in [1.54, 1.807) is 32.2 Å². The van der Waals surface area contributed by atoms with Crippen molar-refractivity contribution in [3.05, 3.63) is 23.8 Å². The molecule has 0 bridgehead atoms. The first-order chi connectivity index (χ1) is 11.4. The molecule has 1 aliphatic rings. The van der Waals surface area contributed by atoms with E-state index >= 15 is 0 Å². The number of hydrogen-bond donors (Lipinski definition) is 2. The minimum Gasteiger partial charge on any atom is -0.496 e. The number of ether oxygens (including phenoxy) is 1. The maximum atomic E-state index is 12.9. The molecule has 1 aromatic carbocycles. The molecule has 7 nitrogen and oxygen atoms in total. The van der Waals surface area contributed by atoms with Gasteiger partial charge in [0.15, 0.2) is 0 Å². The Balaban J connectivity index is 2.16. The molecule has 0 radical (unpaired) electrons. The summed E-state index contributed by atoms with van der Waals surface area (Å²) in [4.78, 5) is 12.3. The van der Waals surface area contributed by atoms with Crippen LogP contribution in [0.1, 0.15) is 18.4 Å². The number of nitrogens with zero attached hydrogens (tertiary/aromatic N) is 1. The molecule has 24 heavy (non-hydrogen) atoms. The third-order valence-corrected chi connectivity index (χ3v) is 6.06. The van der Waals surface area contributed by atoms with E-state index in [-0.39, 0.29) is 23.3 Å². The lowest BCUT2D eigenvalue weighted by Gasteiger charge is -2.31. The summed E-state index contributed by atoms with van der Waals surface area (Å²) in [5.41, 5.74) is 6.14. The van der Waals surface area contributed by atoms with Crippen LogP contribution in [0.2, 0.25) is 0 Å². The van der Waals surface area contributed by atoms with Crippen LogP contribution in [0.3, 0.4) is 0 Å². The van der Waals surface area contributed by atoms with Crippen molar-refractivity contribution in [1.82, 2.24) is 9.62 Å². The second-order valence-electron chi connectivity index (χ2n) is 5.91. The Kier molecular flexibility index (Phi) is 6.20. The molecule has 2 rings (SSSR count). The fraction of sp³-hybridized carbons (Fsp3) is 0.562. The summed E-state index contributed by atoms with van der Waals surface area (Å²) < 4.78 is 32.3. The van der Waals surface area contributed by atoms with Gasteiger partial charge in [-0.05, 0) is 43.5 Å². The van der Waals surface area contributed by atoms with Gasteiger partial charge in [0, 0.05) is 26.2 Å². The van der Waals surface area contributed by atoms with E-state index in [2.05, 4.69) is 5.32 Å². The summed E-state index contributed by atoms with van der Waals surface area (Å²) in [5, 5.41) is 2.74. The first kappa shape index (κ1) is 18.7. The SMILES string of the molecule is COc1ccc(S(=O)(=O)N2CCCC(C(=O)NCCN)C2)cc1C. The molecule has 0 saturated carbocycles. The molecule has 0 spiro atoms. The van der Waals surface area contributed by atoms with Gasteiger partial charge in [0.05, 0.1) is 17.9 Å². The predicted molar refractivity (Wildman–Crippen MR) is 91.3 cm³/mol.